The summed E-state index contributed by atoms with van der Waals surface area (Å²) in [6.07, 6.45) is -4.81. The molecule has 1 saturated heterocycles. The SMILES string of the molecule is COc1c(N2CCC(OC)(C(F)(F)F)C2C(=O)Nc2ccnc(S(N)(=O)=O)c2)ccc(F)c1F. The minimum Gasteiger partial charge on any atom is -0.491 e. The maximum Gasteiger partial charge on any atom is 0.420 e. The Labute approximate surface area is 190 Å². The van der Waals surface area contributed by atoms with Crippen molar-refractivity contribution in [3.8, 4) is 5.75 Å². The second-order valence-electron chi connectivity index (χ2n) is 7.27. The molecule has 0 radical (unpaired) electrons. The van der Waals surface area contributed by atoms with Crippen molar-refractivity contribution in [2.45, 2.75) is 29.3 Å². The van der Waals surface area contributed by atoms with E-state index in [0.29, 0.717) is 6.07 Å². The van der Waals surface area contributed by atoms with Gasteiger partial charge in [0.25, 0.3) is 10.0 Å². The third-order valence-electron chi connectivity index (χ3n) is 5.41. The molecule has 2 aromatic rings. The van der Waals surface area contributed by atoms with Crippen molar-refractivity contribution >= 4 is 27.3 Å². The molecule has 1 aromatic carbocycles. The monoisotopic (exact) mass is 510 g/mol. The van der Waals surface area contributed by atoms with Crippen molar-refractivity contribution in [3.05, 3.63) is 42.1 Å². The Morgan fingerprint density at radius 1 is 1.26 bits per heavy atom. The predicted octanol–water partition coefficient (Wildman–Crippen LogP) is 2.18. The molecule has 1 aromatic heterocycles. The van der Waals surface area contributed by atoms with Gasteiger partial charge in [-0.05, 0) is 18.2 Å². The van der Waals surface area contributed by atoms with E-state index >= 15 is 0 Å². The number of hydrogen-bond donors (Lipinski definition) is 2. The van der Waals surface area contributed by atoms with Gasteiger partial charge in [0.15, 0.2) is 22.2 Å². The highest BCUT2D eigenvalue weighted by molar-refractivity contribution is 7.89. The fourth-order valence-corrected chi connectivity index (χ4v) is 4.34. The summed E-state index contributed by atoms with van der Waals surface area (Å²) >= 11 is 0. The number of benzene rings is 1. The summed E-state index contributed by atoms with van der Waals surface area (Å²) in [5.74, 6) is -4.72. The summed E-state index contributed by atoms with van der Waals surface area (Å²) < 4.78 is 103. The van der Waals surface area contributed by atoms with Gasteiger partial charge in [-0.2, -0.15) is 17.6 Å². The summed E-state index contributed by atoms with van der Waals surface area (Å²) in [4.78, 5) is 17.6. The van der Waals surface area contributed by atoms with Gasteiger partial charge in [0.2, 0.25) is 11.7 Å². The molecule has 0 spiro atoms. The van der Waals surface area contributed by atoms with Crippen LogP contribution in [-0.4, -0.2) is 57.9 Å². The molecule has 2 unspecified atom stereocenters. The fourth-order valence-electron chi connectivity index (χ4n) is 3.84. The van der Waals surface area contributed by atoms with Gasteiger partial charge in [-0.15, -0.1) is 0 Å². The lowest BCUT2D eigenvalue weighted by atomic mass is 9.92. The number of carbonyl (C=O) groups is 1. The number of ether oxygens (including phenoxy) is 2. The minimum atomic E-state index is -5.06. The third-order valence-corrected chi connectivity index (χ3v) is 6.21. The number of aromatic nitrogens is 1. The Balaban J connectivity index is 2.12. The lowest BCUT2D eigenvalue weighted by molar-refractivity contribution is -0.269. The van der Waals surface area contributed by atoms with Crippen LogP contribution in [0.15, 0.2) is 35.5 Å². The summed E-state index contributed by atoms with van der Waals surface area (Å²) in [7, 11) is -2.51. The molecular weight excluding hydrogens is 491 g/mol. The average molecular weight is 510 g/mol. The molecule has 1 amide bonds. The van der Waals surface area contributed by atoms with Crippen LogP contribution in [0.1, 0.15) is 6.42 Å². The number of alkyl halides is 3. The van der Waals surface area contributed by atoms with Crippen LogP contribution in [0.4, 0.5) is 33.3 Å². The van der Waals surface area contributed by atoms with Crippen LogP contribution in [0.25, 0.3) is 0 Å². The number of amides is 1. The van der Waals surface area contributed by atoms with Crippen molar-refractivity contribution in [2.24, 2.45) is 5.14 Å². The standard InChI is InChI=1S/C19H19F5N4O5S/c1-32-15-12(4-3-11(20)14(15)21)28-8-6-18(33-2,19(22,23)24)16(28)17(29)27-10-5-7-26-13(9-10)34(25,30)31/h3-5,7,9,16H,6,8H2,1-2H3,(H2,25,30,31)(H,26,27,29). The van der Waals surface area contributed by atoms with E-state index in [1.54, 1.807) is 0 Å². The summed E-state index contributed by atoms with van der Waals surface area (Å²) in [5, 5.41) is 6.55. The number of anilines is 2. The van der Waals surface area contributed by atoms with Gasteiger partial charge in [-0.1, -0.05) is 0 Å². The van der Waals surface area contributed by atoms with Crippen LogP contribution >= 0.6 is 0 Å². The number of pyridine rings is 1. The smallest absolute Gasteiger partial charge is 0.420 e. The topological polar surface area (TPSA) is 124 Å². The van der Waals surface area contributed by atoms with Gasteiger partial charge in [0.1, 0.15) is 6.04 Å². The molecule has 1 aliphatic rings. The van der Waals surface area contributed by atoms with Crippen LogP contribution in [0, 0.1) is 11.6 Å². The lowest BCUT2D eigenvalue weighted by Gasteiger charge is -2.38. The molecule has 34 heavy (non-hydrogen) atoms. The van der Waals surface area contributed by atoms with Crippen LogP contribution in [0.5, 0.6) is 5.75 Å². The number of halogens is 5. The second kappa shape index (κ2) is 8.96. The van der Waals surface area contributed by atoms with E-state index in [1.807, 2.05) is 0 Å². The van der Waals surface area contributed by atoms with Gasteiger partial charge in [-0.3, -0.25) is 4.79 Å². The average Bonchev–Trinajstić information content (AvgIpc) is 3.16. The first-order valence-electron chi connectivity index (χ1n) is 9.47. The number of primary sulfonamides is 1. The van der Waals surface area contributed by atoms with E-state index in [1.165, 1.54) is 0 Å². The Morgan fingerprint density at radius 3 is 2.50 bits per heavy atom. The Kier molecular flexibility index (Phi) is 6.74. The molecule has 2 atom stereocenters. The summed E-state index contributed by atoms with van der Waals surface area (Å²) in [6, 6.07) is 1.51. The van der Waals surface area contributed by atoms with E-state index in [2.05, 4.69) is 10.3 Å². The third kappa shape index (κ3) is 4.37. The second-order valence-corrected chi connectivity index (χ2v) is 8.78. The van der Waals surface area contributed by atoms with Crippen LogP contribution in [-0.2, 0) is 19.6 Å². The van der Waals surface area contributed by atoms with Gasteiger partial charge in [0.05, 0.1) is 12.8 Å². The number of hydrogen-bond acceptors (Lipinski definition) is 7. The maximum atomic E-state index is 14.3. The minimum absolute atomic E-state index is 0.222. The molecule has 3 N–H and O–H groups in total. The molecule has 2 heterocycles. The molecule has 15 heteroatoms. The first-order chi connectivity index (χ1) is 15.8. The maximum absolute atomic E-state index is 14.3. The Morgan fingerprint density at radius 2 is 1.94 bits per heavy atom. The van der Waals surface area contributed by atoms with E-state index < -0.39 is 69.1 Å². The van der Waals surface area contributed by atoms with Crippen molar-refractivity contribution in [3.63, 3.8) is 0 Å². The Bertz CT molecular complexity index is 1210. The van der Waals surface area contributed by atoms with Gasteiger partial charge < -0.3 is 19.7 Å². The normalized spacial score (nSPS) is 20.9. The van der Waals surface area contributed by atoms with E-state index in [9.17, 15) is 35.2 Å². The number of rotatable bonds is 6. The van der Waals surface area contributed by atoms with Crippen molar-refractivity contribution in [1.29, 1.82) is 0 Å². The van der Waals surface area contributed by atoms with E-state index in [-0.39, 0.29) is 11.4 Å². The summed E-state index contributed by atoms with van der Waals surface area (Å²) in [6.45, 7) is -0.439. The predicted molar refractivity (Wildman–Crippen MR) is 109 cm³/mol. The number of carbonyl (C=O) groups excluding carboxylic acids is 1. The highest BCUT2D eigenvalue weighted by Crippen LogP contribution is 2.48. The molecule has 0 saturated carbocycles. The molecular formula is C19H19F5N4O5S. The van der Waals surface area contributed by atoms with Crippen LogP contribution in [0.3, 0.4) is 0 Å². The van der Waals surface area contributed by atoms with Gasteiger partial charge in [0, 0.05) is 38.0 Å². The molecule has 0 aliphatic carbocycles. The molecule has 1 fully saturated rings. The number of nitrogens with one attached hydrogen (secondary N) is 1. The number of methoxy groups -OCH3 is 2. The van der Waals surface area contributed by atoms with Crippen molar-refractivity contribution in [2.75, 3.05) is 31.0 Å². The van der Waals surface area contributed by atoms with E-state index in [4.69, 9.17) is 14.6 Å². The zero-order chi connectivity index (χ0) is 25.5. The Hall–Kier alpha value is -3.04. The molecule has 9 nitrogen and oxygen atoms in total. The van der Waals surface area contributed by atoms with Gasteiger partial charge in [-0.25, -0.2) is 22.9 Å². The van der Waals surface area contributed by atoms with Crippen molar-refractivity contribution in [1.82, 2.24) is 4.98 Å². The highest BCUT2D eigenvalue weighted by atomic mass is 32.2. The molecule has 186 valence electrons. The largest absolute Gasteiger partial charge is 0.491 e. The molecule has 0 bridgehead atoms. The molecule has 1 aliphatic heterocycles. The van der Waals surface area contributed by atoms with Crippen LogP contribution in [0.2, 0.25) is 0 Å². The van der Waals surface area contributed by atoms with E-state index in [0.717, 1.165) is 43.5 Å². The zero-order valence-electron chi connectivity index (χ0n) is 17.7. The zero-order valence-corrected chi connectivity index (χ0v) is 18.5. The number of nitrogens with zero attached hydrogens (tertiary/aromatic N) is 2. The quantitative estimate of drug-likeness (QED) is 0.571. The molecule has 3 rings (SSSR count). The van der Waals surface area contributed by atoms with Gasteiger partial charge >= 0.3 is 6.18 Å². The first kappa shape index (κ1) is 25.6. The first-order valence-corrected chi connectivity index (χ1v) is 11.0. The van der Waals surface area contributed by atoms with Crippen LogP contribution < -0.4 is 20.1 Å². The number of nitrogens with two attached hydrogens (primary N) is 1. The fraction of sp³-hybridized carbons (Fsp3) is 0.368. The highest BCUT2D eigenvalue weighted by Gasteiger charge is 2.67. The number of sulfonamides is 1. The summed E-state index contributed by atoms with van der Waals surface area (Å²) in [5.41, 5.74) is -3.58. The van der Waals surface area contributed by atoms with Crippen molar-refractivity contribution < 1.29 is 44.6 Å². The lowest BCUT2D eigenvalue weighted by Crippen LogP contribution is -2.61.